The van der Waals surface area contributed by atoms with Gasteiger partial charge in [0, 0.05) is 29.4 Å². The highest BCUT2D eigenvalue weighted by Crippen LogP contribution is 2.19. The molecular weight excluding hydrogens is 322 g/mol. The molecule has 0 radical (unpaired) electrons. The maximum atomic E-state index is 12.3. The van der Waals surface area contributed by atoms with E-state index in [1.54, 1.807) is 30.5 Å². The topological polar surface area (TPSA) is 74.2 Å². The molecule has 0 unspecified atom stereocenters. The van der Waals surface area contributed by atoms with Crippen LogP contribution in [0.4, 0.5) is 10.8 Å². The fraction of sp³-hybridized carbons (Fsp3) is 0.111. The monoisotopic (exact) mass is 339 g/mol. The number of benzene rings is 2. The number of amides is 1. The Morgan fingerprint density at radius 2 is 2.00 bits per heavy atom. The summed E-state index contributed by atoms with van der Waals surface area (Å²) >= 11 is 1.50. The number of nitrogens with one attached hydrogen (secondary N) is 2. The molecule has 2 aromatic carbocycles. The van der Waals surface area contributed by atoms with Gasteiger partial charge in [0.25, 0.3) is 5.91 Å². The summed E-state index contributed by atoms with van der Waals surface area (Å²) in [4.78, 5) is 16.4. The smallest absolute Gasteiger partial charge is 0.251 e. The van der Waals surface area contributed by atoms with Gasteiger partial charge in [0.05, 0.1) is 0 Å². The van der Waals surface area contributed by atoms with Gasteiger partial charge < -0.3 is 15.7 Å². The number of phenolic OH excluding ortho intramolecular Hbond substituents is 1. The molecule has 24 heavy (non-hydrogen) atoms. The Balaban J connectivity index is 1.55. The van der Waals surface area contributed by atoms with E-state index in [0.717, 1.165) is 16.4 Å². The zero-order valence-electron chi connectivity index (χ0n) is 12.9. The lowest BCUT2D eigenvalue weighted by Gasteiger charge is -2.08. The fourth-order valence-electron chi connectivity index (χ4n) is 2.23. The van der Waals surface area contributed by atoms with Crippen LogP contribution in [0.3, 0.4) is 0 Å². The van der Waals surface area contributed by atoms with E-state index < -0.39 is 0 Å². The number of anilines is 2. The minimum Gasteiger partial charge on any atom is -0.508 e. The van der Waals surface area contributed by atoms with Gasteiger partial charge >= 0.3 is 0 Å². The predicted molar refractivity (Wildman–Crippen MR) is 96.0 cm³/mol. The third-order valence-corrected chi connectivity index (χ3v) is 4.13. The van der Waals surface area contributed by atoms with Crippen molar-refractivity contribution in [2.24, 2.45) is 0 Å². The highest BCUT2D eigenvalue weighted by Gasteiger charge is 2.06. The molecule has 122 valence electrons. The second-order valence-corrected chi connectivity index (χ2v) is 6.11. The maximum absolute atomic E-state index is 12.3. The largest absolute Gasteiger partial charge is 0.508 e. The molecule has 0 bridgehead atoms. The summed E-state index contributed by atoms with van der Waals surface area (Å²) < 4.78 is 0. The van der Waals surface area contributed by atoms with Crippen LogP contribution in [0.2, 0.25) is 0 Å². The van der Waals surface area contributed by atoms with Gasteiger partial charge in [0.1, 0.15) is 5.75 Å². The van der Waals surface area contributed by atoms with Crippen molar-refractivity contribution >= 4 is 28.1 Å². The van der Waals surface area contributed by atoms with Crippen molar-refractivity contribution < 1.29 is 9.90 Å². The van der Waals surface area contributed by atoms with E-state index in [0.29, 0.717) is 18.5 Å². The van der Waals surface area contributed by atoms with E-state index in [2.05, 4.69) is 15.6 Å². The first-order chi connectivity index (χ1) is 11.7. The van der Waals surface area contributed by atoms with Gasteiger partial charge in [-0.15, -0.1) is 11.3 Å². The van der Waals surface area contributed by atoms with Crippen LogP contribution in [0.1, 0.15) is 15.9 Å². The second-order valence-electron chi connectivity index (χ2n) is 5.22. The number of carbonyl (C=O) groups is 1. The van der Waals surface area contributed by atoms with Crippen molar-refractivity contribution in [2.45, 2.75) is 6.42 Å². The van der Waals surface area contributed by atoms with Gasteiger partial charge in [-0.2, -0.15) is 0 Å². The summed E-state index contributed by atoms with van der Waals surface area (Å²) in [6.07, 6.45) is 2.44. The van der Waals surface area contributed by atoms with E-state index in [4.69, 9.17) is 0 Å². The molecule has 3 aromatic rings. The lowest BCUT2D eigenvalue weighted by Crippen LogP contribution is -2.25. The molecule has 0 spiro atoms. The summed E-state index contributed by atoms with van der Waals surface area (Å²) in [5.74, 6) is 0.129. The summed E-state index contributed by atoms with van der Waals surface area (Å²) in [5.41, 5.74) is 2.49. The minimum absolute atomic E-state index is 0.114. The van der Waals surface area contributed by atoms with Crippen LogP contribution >= 0.6 is 11.3 Å². The molecule has 0 saturated heterocycles. The number of nitrogens with zero attached hydrogens (tertiary/aromatic N) is 1. The summed E-state index contributed by atoms with van der Waals surface area (Å²) in [6.45, 7) is 0.535. The van der Waals surface area contributed by atoms with Crippen molar-refractivity contribution in [3.63, 3.8) is 0 Å². The lowest BCUT2D eigenvalue weighted by molar-refractivity contribution is 0.0954. The fourth-order valence-corrected chi connectivity index (χ4v) is 2.78. The molecule has 0 atom stereocenters. The van der Waals surface area contributed by atoms with Crippen molar-refractivity contribution in [1.82, 2.24) is 10.3 Å². The first-order valence-corrected chi connectivity index (χ1v) is 8.41. The molecule has 1 heterocycles. The third kappa shape index (κ3) is 4.33. The Kier molecular flexibility index (Phi) is 5.08. The Morgan fingerprint density at radius 3 is 2.75 bits per heavy atom. The Labute approximate surface area is 144 Å². The summed E-state index contributed by atoms with van der Waals surface area (Å²) in [6, 6.07) is 14.3. The molecule has 3 rings (SSSR count). The first-order valence-electron chi connectivity index (χ1n) is 7.53. The number of aromatic nitrogens is 1. The molecule has 0 aliphatic heterocycles. The first kappa shape index (κ1) is 16.0. The van der Waals surface area contributed by atoms with Gasteiger partial charge in [-0.25, -0.2) is 4.98 Å². The highest BCUT2D eigenvalue weighted by atomic mass is 32.1. The SMILES string of the molecule is O=C(NCCc1ccc(O)cc1)c1cccc(Nc2nccs2)c1. The van der Waals surface area contributed by atoms with Gasteiger partial charge in [0.15, 0.2) is 5.13 Å². The number of hydrogen-bond acceptors (Lipinski definition) is 5. The molecule has 0 aliphatic rings. The van der Waals surface area contributed by atoms with Crippen LogP contribution in [0, 0.1) is 0 Å². The Morgan fingerprint density at radius 1 is 1.17 bits per heavy atom. The van der Waals surface area contributed by atoms with Crippen LogP contribution in [0.5, 0.6) is 5.75 Å². The van der Waals surface area contributed by atoms with Gasteiger partial charge in [-0.3, -0.25) is 4.79 Å². The molecule has 3 N–H and O–H groups in total. The zero-order valence-corrected chi connectivity index (χ0v) is 13.7. The van der Waals surface area contributed by atoms with Crippen LogP contribution in [-0.4, -0.2) is 22.5 Å². The number of thiazole rings is 1. The zero-order chi connectivity index (χ0) is 16.8. The molecule has 1 aromatic heterocycles. The summed E-state index contributed by atoms with van der Waals surface area (Å²) in [7, 11) is 0. The van der Waals surface area contributed by atoms with Crippen molar-refractivity contribution in [1.29, 1.82) is 0 Å². The van der Waals surface area contributed by atoms with E-state index in [-0.39, 0.29) is 11.7 Å². The van der Waals surface area contributed by atoms with Crippen LogP contribution in [-0.2, 0) is 6.42 Å². The molecule has 5 nitrogen and oxygen atoms in total. The maximum Gasteiger partial charge on any atom is 0.251 e. The molecule has 0 saturated carbocycles. The highest BCUT2D eigenvalue weighted by molar-refractivity contribution is 7.13. The average Bonchev–Trinajstić information content (AvgIpc) is 3.10. The quantitative estimate of drug-likeness (QED) is 0.642. The second kappa shape index (κ2) is 7.61. The van der Waals surface area contributed by atoms with Crippen LogP contribution in [0.25, 0.3) is 0 Å². The van der Waals surface area contributed by atoms with Crippen molar-refractivity contribution in [3.05, 3.63) is 71.2 Å². The normalized spacial score (nSPS) is 10.3. The average molecular weight is 339 g/mol. The minimum atomic E-state index is -0.114. The molecular formula is C18H17N3O2S. The molecule has 1 amide bonds. The van der Waals surface area contributed by atoms with Crippen molar-refractivity contribution in [3.8, 4) is 5.75 Å². The number of aromatic hydroxyl groups is 1. The van der Waals surface area contributed by atoms with Crippen molar-refractivity contribution in [2.75, 3.05) is 11.9 Å². The summed E-state index contributed by atoms with van der Waals surface area (Å²) in [5, 5.41) is 18.0. The Bertz CT molecular complexity index is 801. The number of rotatable bonds is 6. The van der Waals surface area contributed by atoms with Crippen LogP contribution < -0.4 is 10.6 Å². The number of carbonyl (C=O) groups excluding carboxylic acids is 1. The van der Waals surface area contributed by atoms with E-state index >= 15 is 0 Å². The van der Waals surface area contributed by atoms with Gasteiger partial charge in [0.2, 0.25) is 0 Å². The van der Waals surface area contributed by atoms with E-state index in [9.17, 15) is 9.90 Å². The van der Waals surface area contributed by atoms with E-state index in [1.807, 2.05) is 29.6 Å². The van der Waals surface area contributed by atoms with Crippen LogP contribution in [0.15, 0.2) is 60.1 Å². The van der Waals surface area contributed by atoms with Gasteiger partial charge in [-0.1, -0.05) is 18.2 Å². The molecule has 6 heteroatoms. The Hall–Kier alpha value is -2.86. The van der Waals surface area contributed by atoms with E-state index in [1.165, 1.54) is 11.3 Å². The molecule has 0 aliphatic carbocycles. The number of phenols is 1. The predicted octanol–water partition coefficient (Wildman–Crippen LogP) is 3.56. The standard InChI is InChI=1S/C18H17N3O2S/c22-16-6-4-13(5-7-16)8-9-19-17(23)14-2-1-3-15(12-14)21-18-20-10-11-24-18/h1-7,10-12,22H,8-9H2,(H,19,23)(H,20,21). The number of hydrogen-bond donors (Lipinski definition) is 3. The third-order valence-electron chi connectivity index (χ3n) is 3.44. The van der Waals surface area contributed by atoms with Gasteiger partial charge in [-0.05, 0) is 42.3 Å². The molecule has 0 fully saturated rings. The lowest BCUT2D eigenvalue weighted by atomic mass is 10.1.